The van der Waals surface area contributed by atoms with Crippen molar-refractivity contribution in [1.29, 1.82) is 0 Å². The molecule has 0 aliphatic heterocycles. The molecule has 0 spiro atoms. The molecule has 0 saturated heterocycles. The predicted octanol–water partition coefficient (Wildman–Crippen LogP) is 4.17. The number of methoxy groups -OCH3 is 2. The van der Waals surface area contributed by atoms with E-state index in [0.717, 1.165) is 21.3 Å². The van der Waals surface area contributed by atoms with Crippen molar-refractivity contribution in [2.75, 3.05) is 14.2 Å². The van der Waals surface area contributed by atoms with Crippen molar-refractivity contribution in [1.82, 2.24) is 0 Å². The molecule has 3 nitrogen and oxygen atoms in total. The van der Waals surface area contributed by atoms with Gasteiger partial charge in [-0.15, -0.1) is 0 Å². The topological polar surface area (TPSA) is 44.5 Å². The Morgan fingerprint density at radius 3 is 2.50 bits per heavy atom. The molecule has 1 atom stereocenters. The van der Waals surface area contributed by atoms with Gasteiger partial charge in [0, 0.05) is 10.0 Å². The lowest BCUT2D eigenvalue weighted by Crippen LogP contribution is -2.14. The largest absolute Gasteiger partial charge is 0.497 e. The predicted molar refractivity (Wildman–Crippen MR) is 84.7 cm³/mol. The Morgan fingerprint density at radius 2 is 1.85 bits per heavy atom. The number of rotatable bonds is 4. The molecule has 0 amide bonds. The van der Waals surface area contributed by atoms with Crippen LogP contribution < -0.4 is 15.2 Å². The van der Waals surface area contributed by atoms with E-state index in [1.807, 2.05) is 36.4 Å². The van der Waals surface area contributed by atoms with Gasteiger partial charge < -0.3 is 15.2 Å². The molecule has 106 valence electrons. The van der Waals surface area contributed by atoms with Crippen LogP contribution >= 0.6 is 27.5 Å². The lowest BCUT2D eigenvalue weighted by molar-refractivity contribution is 0.397. The van der Waals surface area contributed by atoms with Crippen molar-refractivity contribution in [2.24, 2.45) is 5.73 Å². The Bertz CT molecular complexity index is 619. The van der Waals surface area contributed by atoms with Gasteiger partial charge in [-0.05, 0) is 45.8 Å². The molecule has 0 aliphatic carbocycles. The standard InChI is InChI=1S/C15H15BrClNO2/c1-19-9-6-7-13(20-2)11(8-9)15(18)10-4-3-5-12(16)14(10)17/h3-8,15H,18H2,1-2H3. The highest BCUT2D eigenvalue weighted by Crippen LogP contribution is 2.36. The molecule has 0 fully saturated rings. The second-order valence-corrected chi connectivity index (χ2v) is 5.46. The monoisotopic (exact) mass is 355 g/mol. The highest BCUT2D eigenvalue weighted by molar-refractivity contribution is 9.10. The molecular weight excluding hydrogens is 342 g/mol. The molecular formula is C15H15BrClNO2. The highest BCUT2D eigenvalue weighted by atomic mass is 79.9. The van der Waals surface area contributed by atoms with Crippen molar-refractivity contribution in [2.45, 2.75) is 6.04 Å². The number of hydrogen-bond donors (Lipinski definition) is 1. The fourth-order valence-corrected chi connectivity index (χ4v) is 2.64. The van der Waals surface area contributed by atoms with Gasteiger partial charge in [0.05, 0.1) is 25.3 Å². The van der Waals surface area contributed by atoms with Crippen LogP contribution in [0, 0.1) is 0 Å². The summed E-state index contributed by atoms with van der Waals surface area (Å²) < 4.78 is 11.4. The van der Waals surface area contributed by atoms with E-state index in [2.05, 4.69) is 15.9 Å². The average Bonchev–Trinajstić information content (AvgIpc) is 2.48. The maximum Gasteiger partial charge on any atom is 0.124 e. The van der Waals surface area contributed by atoms with E-state index in [4.69, 9.17) is 26.8 Å². The maximum absolute atomic E-state index is 6.35. The van der Waals surface area contributed by atoms with Gasteiger partial charge in [0.15, 0.2) is 0 Å². The number of halogens is 2. The van der Waals surface area contributed by atoms with E-state index in [1.54, 1.807) is 14.2 Å². The summed E-state index contributed by atoms with van der Waals surface area (Å²) >= 11 is 9.72. The Hall–Kier alpha value is -1.23. The molecule has 0 bridgehead atoms. The Labute approximate surface area is 131 Å². The molecule has 0 radical (unpaired) electrons. The van der Waals surface area contributed by atoms with Crippen molar-refractivity contribution in [3.8, 4) is 11.5 Å². The van der Waals surface area contributed by atoms with Crippen LogP contribution in [0.25, 0.3) is 0 Å². The zero-order valence-electron chi connectivity index (χ0n) is 11.2. The first kappa shape index (κ1) is 15.2. The van der Waals surface area contributed by atoms with Gasteiger partial charge in [0.25, 0.3) is 0 Å². The number of ether oxygens (including phenoxy) is 2. The molecule has 0 aromatic heterocycles. The fraction of sp³-hybridized carbons (Fsp3) is 0.200. The van der Waals surface area contributed by atoms with Crippen LogP contribution in [-0.2, 0) is 0 Å². The van der Waals surface area contributed by atoms with E-state index in [-0.39, 0.29) is 0 Å². The molecule has 2 rings (SSSR count). The zero-order chi connectivity index (χ0) is 14.7. The first-order valence-electron chi connectivity index (χ1n) is 6.00. The summed E-state index contributed by atoms with van der Waals surface area (Å²) in [4.78, 5) is 0. The minimum atomic E-state index is -0.398. The van der Waals surface area contributed by atoms with Crippen LogP contribution in [0.4, 0.5) is 0 Å². The van der Waals surface area contributed by atoms with Gasteiger partial charge in [-0.25, -0.2) is 0 Å². The van der Waals surface area contributed by atoms with Gasteiger partial charge in [-0.2, -0.15) is 0 Å². The van der Waals surface area contributed by atoms with Crippen LogP contribution in [-0.4, -0.2) is 14.2 Å². The molecule has 2 aromatic carbocycles. The molecule has 0 heterocycles. The van der Waals surface area contributed by atoms with Crippen LogP contribution in [0.5, 0.6) is 11.5 Å². The number of hydrogen-bond acceptors (Lipinski definition) is 3. The van der Waals surface area contributed by atoms with Crippen molar-refractivity contribution in [3.05, 3.63) is 57.0 Å². The van der Waals surface area contributed by atoms with Gasteiger partial charge in [0.1, 0.15) is 11.5 Å². The van der Waals surface area contributed by atoms with E-state index in [9.17, 15) is 0 Å². The highest BCUT2D eigenvalue weighted by Gasteiger charge is 2.18. The summed E-state index contributed by atoms with van der Waals surface area (Å²) in [5, 5.41) is 0.602. The summed E-state index contributed by atoms with van der Waals surface area (Å²) in [5.41, 5.74) is 8.00. The number of benzene rings is 2. The Morgan fingerprint density at radius 1 is 1.10 bits per heavy atom. The third-order valence-electron chi connectivity index (χ3n) is 3.09. The minimum Gasteiger partial charge on any atom is -0.497 e. The summed E-state index contributed by atoms with van der Waals surface area (Å²) in [7, 11) is 3.23. The molecule has 0 saturated carbocycles. The number of nitrogens with two attached hydrogens (primary N) is 1. The van der Waals surface area contributed by atoms with Gasteiger partial charge in [0.2, 0.25) is 0 Å². The van der Waals surface area contributed by atoms with Gasteiger partial charge in [-0.1, -0.05) is 23.7 Å². The molecule has 1 unspecified atom stereocenters. The average molecular weight is 357 g/mol. The Kier molecular flexibility index (Phi) is 4.91. The van der Waals surface area contributed by atoms with Crippen LogP contribution in [0.3, 0.4) is 0 Å². The summed E-state index contributed by atoms with van der Waals surface area (Å²) in [6, 6.07) is 10.8. The van der Waals surface area contributed by atoms with Crippen LogP contribution in [0.1, 0.15) is 17.2 Å². The van der Waals surface area contributed by atoms with E-state index >= 15 is 0 Å². The molecule has 2 aromatic rings. The quantitative estimate of drug-likeness (QED) is 0.894. The van der Waals surface area contributed by atoms with E-state index in [0.29, 0.717) is 10.8 Å². The van der Waals surface area contributed by atoms with Crippen LogP contribution in [0.2, 0.25) is 5.02 Å². The van der Waals surface area contributed by atoms with Crippen LogP contribution in [0.15, 0.2) is 40.9 Å². The lowest BCUT2D eigenvalue weighted by Gasteiger charge is -2.18. The first-order valence-corrected chi connectivity index (χ1v) is 7.17. The van der Waals surface area contributed by atoms with Crippen molar-refractivity contribution in [3.63, 3.8) is 0 Å². The first-order chi connectivity index (χ1) is 9.58. The van der Waals surface area contributed by atoms with Crippen molar-refractivity contribution >= 4 is 27.5 Å². The fourth-order valence-electron chi connectivity index (χ4n) is 2.01. The summed E-state index contributed by atoms with van der Waals surface area (Å²) in [6.07, 6.45) is 0. The normalized spacial score (nSPS) is 12.1. The SMILES string of the molecule is COc1ccc(OC)c(C(N)c2cccc(Br)c2Cl)c1. The van der Waals surface area contributed by atoms with E-state index in [1.165, 1.54) is 0 Å². The van der Waals surface area contributed by atoms with E-state index < -0.39 is 6.04 Å². The maximum atomic E-state index is 6.35. The molecule has 20 heavy (non-hydrogen) atoms. The van der Waals surface area contributed by atoms with Gasteiger partial charge >= 0.3 is 0 Å². The van der Waals surface area contributed by atoms with Gasteiger partial charge in [-0.3, -0.25) is 0 Å². The molecule has 5 heteroatoms. The zero-order valence-corrected chi connectivity index (χ0v) is 13.5. The molecule has 2 N–H and O–H groups in total. The third kappa shape index (κ3) is 2.92. The Balaban J connectivity index is 2.51. The summed E-state index contributed by atoms with van der Waals surface area (Å²) in [6.45, 7) is 0. The summed E-state index contributed by atoms with van der Waals surface area (Å²) in [5.74, 6) is 1.43. The third-order valence-corrected chi connectivity index (χ3v) is 4.40. The smallest absolute Gasteiger partial charge is 0.124 e. The second kappa shape index (κ2) is 6.48. The second-order valence-electron chi connectivity index (χ2n) is 4.23. The molecule has 0 aliphatic rings. The van der Waals surface area contributed by atoms with Crippen molar-refractivity contribution < 1.29 is 9.47 Å². The lowest BCUT2D eigenvalue weighted by atomic mass is 9.98. The minimum absolute atomic E-state index is 0.398.